The van der Waals surface area contributed by atoms with E-state index < -0.39 is 0 Å². The van der Waals surface area contributed by atoms with E-state index in [9.17, 15) is 0 Å². The van der Waals surface area contributed by atoms with Gasteiger partial charge in [-0.25, -0.2) is 0 Å². The van der Waals surface area contributed by atoms with Crippen molar-refractivity contribution in [1.29, 1.82) is 0 Å². The van der Waals surface area contributed by atoms with Crippen molar-refractivity contribution >= 4 is 21.6 Å². The average molecular weight is 325 g/mol. The molecule has 2 aliphatic rings. The molecule has 0 radical (unpaired) electrons. The number of ether oxygens (including phenoxy) is 1. The van der Waals surface area contributed by atoms with Gasteiger partial charge in [-0.2, -0.15) is 0 Å². The number of hydrogen-bond acceptors (Lipinski definition) is 3. The van der Waals surface area contributed by atoms with E-state index in [1.54, 1.807) is 7.11 Å². The van der Waals surface area contributed by atoms with Crippen LogP contribution in [0.3, 0.4) is 0 Å². The van der Waals surface area contributed by atoms with E-state index >= 15 is 0 Å². The van der Waals surface area contributed by atoms with Crippen LogP contribution >= 0.6 is 15.9 Å². The van der Waals surface area contributed by atoms with Gasteiger partial charge in [0.2, 0.25) is 0 Å². The fourth-order valence-electron chi connectivity index (χ4n) is 3.24. The Bertz CT molecular complexity index is 452. The van der Waals surface area contributed by atoms with Crippen molar-refractivity contribution in [1.82, 2.24) is 4.90 Å². The van der Waals surface area contributed by atoms with Crippen LogP contribution in [0.25, 0.3) is 0 Å². The van der Waals surface area contributed by atoms with E-state index in [1.165, 1.54) is 38.0 Å². The smallest absolute Gasteiger partial charge is 0.135 e. The molecule has 3 rings (SSSR count). The maximum Gasteiger partial charge on any atom is 0.135 e. The first-order valence-electron chi connectivity index (χ1n) is 7.10. The Morgan fingerprint density at radius 1 is 1.21 bits per heavy atom. The summed E-state index contributed by atoms with van der Waals surface area (Å²) in [7, 11) is 1.73. The summed E-state index contributed by atoms with van der Waals surface area (Å²) in [6.07, 6.45) is 4.12. The van der Waals surface area contributed by atoms with Crippen LogP contribution in [0, 0.1) is 0 Å². The van der Waals surface area contributed by atoms with Gasteiger partial charge in [0, 0.05) is 37.4 Å². The molecule has 4 heteroatoms. The molecule has 1 aromatic rings. The van der Waals surface area contributed by atoms with Crippen LogP contribution in [-0.2, 0) is 0 Å². The SMILES string of the molecule is COc1cc(N2CCN3CCCCC3C2)ccc1Br. The van der Waals surface area contributed by atoms with Crippen LogP contribution in [0.4, 0.5) is 5.69 Å². The quantitative estimate of drug-likeness (QED) is 0.831. The first kappa shape index (κ1) is 13.3. The summed E-state index contributed by atoms with van der Waals surface area (Å²) in [5.74, 6) is 0.920. The monoisotopic (exact) mass is 324 g/mol. The van der Waals surface area contributed by atoms with Crippen molar-refractivity contribution in [2.75, 3.05) is 38.2 Å². The summed E-state index contributed by atoms with van der Waals surface area (Å²) in [5.41, 5.74) is 1.28. The van der Waals surface area contributed by atoms with Crippen molar-refractivity contribution in [3.8, 4) is 5.75 Å². The highest BCUT2D eigenvalue weighted by atomic mass is 79.9. The molecule has 104 valence electrons. The van der Waals surface area contributed by atoms with Crippen molar-refractivity contribution in [2.45, 2.75) is 25.3 Å². The summed E-state index contributed by atoms with van der Waals surface area (Å²) in [6.45, 7) is 4.78. The second kappa shape index (κ2) is 5.71. The van der Waals surface area contributed by atoms with Crippen LogP contribution in [-0.4, -0.2) is 44.2 Å². The Hall–Kier alpha value is -0.740. The van der Waals surface area contributed by atoms with Crippen molar-refractivity contribution < 1.29 is 4.74 Å². The predicted molar refractivity (Wildman–Crippen MR) is 82.1 cm³/mol. The van der Waals surface area contributed by atoms with Gasteiger partial charge in [-0.05, 0) is 47.4 Å². The van der Waals surface area contributed by atoms with Crippen LogP contribution < -0.4 is 9.64 Å². The van der Waals surface area contributed by atoms with Gasteiger partial charge in [0.1, 0.15) is 5.75 Å². The number of piperazine rings is 1. The predicted octanol–water partition coefficient (Wildman–Crippen LogP) is 3.13. The number of anilines is 1. The van der Waals surface area contributed by atoms with E-state index in [4.69, 9.17) is 4.74 Å². The molecule has 2 aliphatic heterocycles. The molecule has 0 bridgehead atoms. The normalized spacial score (nSPS) is 24.1. The van der Waals surface area contributed by atoms with E-state index in [2.05, 4.69) is 43.9 Å². The first-order chi connectivity index (χ1) is 9.28. The molecule has 0 spiro atoms. The largest absolute Gasteiger partial charge is 0.495 e. The molecule has 2 fully saturated rings. The molecular weight excluding hydrogens is 304 g/mol. The van der Waals surface area contributed by atoms with Gasteiger partial charge in [-0.15, -0.1) is 0 Å². The molecular formula is C15H21BrN2O. The molecule has 19 heavy (non-hydrogen) atoms. The highest BCUT2D eigenvalue weighted by Crippen LogP contribution is 2.31. The lowest BCUT2D eigenvalue weighted by atomic mass is 9.99. The number of methoxy groups -OCH3 is 1. The summed E-state index contributed by atoms with van der Waals surface area (Å²) >= 11 is 3.52. The lowest BCUT2D eigenvalue weighted by molar-refractivity contribution is 0.133. The summed E-state index contributed by atoms with van der Waals surface area (Å²) < 4.78 is 6.42. The molecule has 0 aliphatic carbocycles. The Morgan fingerprint density at radius 2 is 2.11 bits per heavy atom. The minimum Gasteiger partial charge on any atom is -0.495 e. The van der Waals surface area contributed by atoms with Crippen molar-refractivity contribution in [3.05, 3.63) is 22.7 Å². The van der Waals surface area contributed by atoms with Gasteiger partial charge in [-0.1, -0.05) is 6.42 Å². The maximum atomic E-state index is 5.40. The Morgan fingerprint density at radius 3 is 2.95 bits per heavy atom. The van der Waals surface area contributed by atoms with Crippen LogP contribution in [0.5, 0.6) is 5.75 Å². The highest BCUT2D eigenvalue weighted by Gasteiger charge is 2.29. The fourth-order valence-corrected chi connectivity index (χ4v) is 3.64. The minimum atomic E-state index is 0.747. The molecule has 0 amide bonds. The van der Waals surface area contributed by atoms with Gasteiger partial charge in [0.05, 0.1) is 11.6 Å². The summed E-state index contributed by atoms with van der Waals surface area (Å²) in [6, 6.07) is 7.16. The molecule has 0 N–H and O–H groups in total. The molecule has 2 heterocycles. The number of hydrogen-bond donors (Lipinski definition) is 0. The number of nitrogens with zero attached hydrogens (tertiary/aromatic N) is 2. The summed E-state index contributed by atoms with van der Waals surface area (Å²) in [5, 5.41) is 0. The number of fused-ring (bicyclic) bond motifs is 1. The zero-order valence-corrected chi connectivity index (χ0v) is 13.0. The van der Waals surface area contributed by atoms with Gasteiger partial charge < -0.3 is 9.64 Å². The highest BCUT2D eigenvalue weighted by molar-refractivity contribution is 9.10. The standard InChI is InChI=1S/C15H21BrN2O/c1-19-15-10-12(5-6-14(15)16)18-9-8-17-7-3-2-4-13(17)11-18/h5-6,10,13H,2-4,7-9,11H2,1H3. The van der Waals surface area contributed by atoms with Gasteiger partial charge in [0.15, 0.2) is 0 Å². The van der Waals surface area contributed by atoms with Crippen LogP contribution in [0.2, 0.25) is 0 Å². The van der Waals surface area contributed by atoms with E-state index in [1.807, 2.05) is 0 Å². The Balaban J connectivity index is 1.75. The third-order valence-corrected chi connectivity index (χ3v) is 4.99. The number of benzene rings is 1. The second-order valence-corrected chi connectivity index (χ2v) is 6.30. The van der Waals surface area contributed by atoms with E-state index in [0.29, 0.717) is 0 Å². The molecule has 1 aromatic carbocycles. The van der Waals surface area contributed by atoms with Crippen molar-refractivity contribution in [2.24, 2.45) is 0 Å². The first-order valence-corrected chi connectivity index (χ1v) is 7.90. The molecule has 1 unspecified atom stereocenters. The molecule has 0 saturated carbocycles. The lowest BCUT2D eigenvalue weighted by Crippen LogP contribution is -2.54. The molecule has 3 nitrogen and oxygen atoms in total. The minimum absolute atomic E-state index is 0.747. The van der Waals surface area contributed by atoms with Gasteiger partial charge >= 0.3 is 0 Å². The van der Waals surface area contributed by atoms with Gasteiger partial charge in [0.25, 0.3) is 0 Å². The third-order valence-electron chi connectivity index (χ3n) is 4.34. The average Bonchev–Trinajstić information content (AvgIpc) is 2.47. The van der Waals surface area contributed by atoms with Gasteiger partial charge in [-0.3, -0.25) is 4.90 Å². The number of piperidine rings is 1. The molecule has 2 saturated heterocycles. The number of rotatable bonds is 2. The lowest BCUT2D eigenvalue weighted by Gasteiger charge is -2.45. The molecule has 1 atom stereocenters. The van der Waals surface area contributed by atoms with Crippen LogP contribution in [0.15, 0.2) is 22.7 Å². The Labute approximate surface area is 123 Å². The topological polar surface area (TPSA) is 15.7 Å². The Kier molecular flexibility index (Phi) is 3.99. The van der Waals surface area contributed by atoms with Crippen molar-refractivity contribution in [3.63, 3.8) is 0 Å². The molecule has 0 aromatic heterocycles. The van der Waals surface area contributed by atoms with Crippen LogP contribution in [0.1, 0.15) is 19.3 Å². The number of halogens is 1. The zero-order valence-electron chi connectivity index (χ0n) is 11.4. The summed E-state index contributed by atoms with van der Waals surface area (Å²) in [4.78, 5) is 5.16. The zero-order chi connectivity index (χ0) is 13.2. The fraction of sp³-hybridized carbons (Fsp3) is 0.600. The van der Waals surface area contributed by atoms with E-state index in [-0.39, 0.29) is 0 Å². The maximum absolute atomic E-state index is 5.40. The second-order valence-electron chi connectivity index (χ2n) is 5.45. The van der Waals surface area contributed by atoms with E-state index in [0.717, 1.165) is 29.4 Å². The third kappa shape index (κ3) is 2.75.